The number of piperidine rings is 1. The Labute approximate surface area is 175 Å². The summed E-state index contributed by atoms with van der Waals surface area (Å²) in [5.74, 6) is 0.660. The van der Waals surface area contributed by atoms with Gasteiger partial charge in [-0.2, -0.15) is 10.4 Å². The molecule has 7 heteroatoms. The van der Waals surface area contributed by atoms with Gasteiger partial charge in [0.05, 0.1) is 30.1 Å². The third-order valence-electron chi connectivity index (χ3n) is 5.38. The summed E-state index contributed by atoms with van der Waals surface area (Å²) < 4.78 is 6.99. The van der Waals surface area contributed by atoms with Gasteiger partial charge in [-0.3, -0.25) is 4.79 Å². The van der Waals surface area contributed by atoms with Gasteiger partial charge in [0, 0.05) is 24.7 Å². The van der Waals surface area contributed by atoms with Crippen LogP contribution < -0.4 is 10.5 Å². The minimum atomic E-state index is -0.0935. The second-order valence-corrected chi connectivity index (χ2v) is 7.34. The first-order valence-electron chi connectivity index (χ1n) is 9.89. The summed E-state index contributed by atoms with van der Waals surface area (Å²) in [4.78, 5) is 14.9. The van der Waals surface area contributed by atoms with E-state index in [1.807, 2.05) is 47.4 Å². The van der Waals surface area contributed by atoms with Gasteiger partial charge in [0.15, 0.2) is 5.69 Å². The van der Waals surface area contributed by atoms with Crippen molar-refractivity contribution < 1.29 is 9.53 Å². The fourth-order valence-electron chi connectivity index (χ4n) is 3.59. The summed E-state index contributed by atoms with van der Waals surface area (Å²) in [6, 6.07) is 18.8. The molecule has 7 nitrogen and oxygen atoms in total. The molecule has 1 aliphatic heterocycles. The van der Waals surface area contributed by atoms with Gasteiger partial charge < -0.3 is 15.4 Å². The molecule has 4 rings (SSSR count). The summed E-state index contributed by atoms with van der Waals surface area (Å²) in [6.45, 7) is 1.28. The highest BCUT2D eigenvalue weighted by Crippen LogP contribution is 2.27. The van der Waals surface area contributed by atoms with Crippen molar-refractivity contribution in [3.63, 3.8) is 0 Å². The van der Waals surface area contributed by atoms with E-state index in [2.05, 4.69) is 11.2 Å². The van der Waals surface area contributed by atoms with Crippen molar-refractivity contribution >= 4 is 5.91 Å². The molecule has 152 valence electrons. The first kappa shape index (κ1) is 19.7. The summed E-state index contributed by atoms with van der Waals surface area (Å²) in [7, 11) is 1.62. The Morgan fingerprint density at radius 3 is 2.40 bits per heavy atom. The highest BCUT2D eigenvalue weighted by Gasteiger charge is 2.25. The summed E-state index contributed by atoms with van der Waals surface area (Å²) >= 11 is 0. The lowest BCUT2D eigenvalue weighted by Crippen LogP contribution is -2.43. The van der Waals surface area contributed by atoms with Gasteiger partial charge in [-0.25, -0.2) is 4.68 Å². The molecular weight excluding hydrogens is 378 g/mol. The molecule has 0 saturated carbocycles. The van der Waals surface area contributed by atoms with Gasteiger partial charge >= 0.3 is 0 Å². The summed E-state index contributed by atoms with van der Waals surface area (Å²) in [5.41, 5.74) is 9.41. The molecular formula is C23H23N5O2. The van der Waals surface area contributed by atoms with Crippen LogP contribution in [-0.2, 0) is 0 Å². The Kier molecular flexibility index (Phi) is 5.50. The molecule has 0 unspecified atom stereocenters. The zero-order chi connectivity index (χ0) is 21.1. The van der Waals surface area contributed by atoms with E-state index in [1.165, 1.54) is 0 Å². The zero-order valence-corrected chi connectivity index (χ0v) is 16.8. The number of rotatable bonds is 4. The minimum absolute atomic E-state index is 0.0935. The molecule has 1 aliphatic rings. The Hall–Kier alpha value is -3.63. The van der Waals surface area contributed by atoms with E-state index in [0.29, 0.717) is 24.3 Å². The normalized spacial score (nSPS) is 14.4. The van der Waals surface area contributed by atoms with Crippen LogP contribution in [-0.4, -0.2) is 46.8 Å². The number of benzene rings is 2. The van der Waals surface area contributed by atoms with Crippen molar-refractivity contribution in [2.24, 2.45) is 5.73 Å². The second kappa shape index (κ2) is 8.39. The lowest BCUT2D eigenvalue weighted by molar-refractivity contribution is 0.0708. The highest BCUT2D eigenvalue weighted by atomic mass is 16.5. The molecule has 1 amide bonds. The maximum atomic E-state index is 13.1. The molecule has 0 aliphatic carbocycles. The van der Waals surface area contributed by atoms with Gasteiger partial charge in [0.2, 0.25) is 0 Å². The number of carbonyl (C=O) groups is 1. The van der Waals surface area contributed by atoms with E-state index < -0.39 is 0 Å². The first-order chi connectivity index (χ1) is 14.6. The van der Waals surface area contributed by atoms with Crippen LogP contribution in [0, 0.1) is 11.3 Å². The van der Waals surface area contributed by atoms with Crippen LogP contribution >= 0.6 is 0 Å². The number of methoxy groups -OCH3 is 1. The SMILES string of the molecule is COc1ccc(-c2cc(C(=O)N3CCC(N)CC3)nn2-c2ccc(C#N)cc2)cc1. The molecule has 2 N–H and O–H groups in total. The number of amides is 1. The fourth-order valence-corrected chi connectivity index (χ4v) is 3.59. The molecule has 0 radical (unpaired) electrons. The van der Waals surface area contributed by atoms with Gasteiger partial charge in [-0.05, 0) is 67.4 Å². The Bertz CT molecular complexity index is 1070. The Morgan fingerprint density at radius 2 is 1.80 bits per heavy atom. The van der Waals surface area contributed by atoms with E-state index in [1.54, 1.807) is 23.9 Å². The van der Waals surface area contributed by atoms with Crippen LogP contribution in [0.3, 0.4) is 0 Å². The standard InChI is InChI=1S/C23H23N5O2/c1-30-20-8-4-17(5-9-20)22-14-21(23(29)27-12-10-18(25)11-13-27)26-28(22)19-6-2-16(15-24)3-7-19/h2-9,14,18H,10-13,25H2,1H3. The molecule has 30 heavy (non-hydrogen) atoms. The lowest BCUT2D eigenvalue weighted by atomic mass is 10.1. The van der Waals surface area contributed by atoms with E-state index in [-0.39, 0.29) is 11.9 Å². The van der Waals surface area contributed by atoms with E-state index in [4.69, 9.17) is 15.7 Å². The topological polar surface area (TPSA) is 97.2 Å². The maximum absolute atomic E-state index is 13.1. The molecule has 1 saturated heterocycles. The fraction of sp³-hybridized carbons (Fsp3) is 0.261. The molecule has 1 fully saturated rings. The van der Waals surface area contributed by atoms with Gasteiger partial charge in [-0.1, -0.05) is 0 Å². The van der Waals surface area contributed by atoms with E-state index >= 15 is 0 Å². The quantitative estimate of drug-likeness (QED) is 0.725. The highest BCUT2D eigenvalue weighted by molar-refractivity contribution is 5.93. The molecule has 0 atom stereocenters. The van der Waals surface area contributed by atoms with Crippen LogP contribution in [0.2, 0.25) is 0 Å². The molecule has 1 aromatic heterocycles. The monoisotopic (exact) mass is 401 g/mol. The summed E-state index contributed by atoms with van der Waals surface area (Å²) in [5, 5.41) is 13.7. The second-order valence-electron chi connectivity index (χ2n) is 7.34. The summed E-state index contributed by atoms with van der Waals surface area (Å²) in [6.07, 6.45) is 1.60. The first-order valence-corrected chi connectivity index (χ1v) is 9.89. The maximum Gasteiger partial charge on any atom is 0.274 e. The number of nitrogens with two attached hydrogens (primary N) is 1. The molecule has 0 spiro atoms. The van der Waals surface area contributed by atoms with Crippen LogP contribution in [0.15, 0.2) is 54.6 Å². The Balaban J connectivity index is 1.74. The largest absolute Gasteiger partial charge is 0.497 e. The van der Waals surface area contributed by atoms with Crippen molar-refractivity contribution in [3.8, 4) is 28.8 Å². The molecule has 2 heterocycles. The Morgan fingerprint density at radius 1 is 1.13 bits per heavy atom. The number of carbonyl (C=O) groups excluding carboxylic acids is 1. The lowest BCUT2D eigenvalue weighted by Gasteiger charge is -2.29. The van der Waals surface area contributed by atoms with Crippen molar-refractivity contribution in [2.75, 3.05) is 20.2 Å². The van der Waals surface area contributed by atoms with Gasteiger partial charge in [0.1, 0.15) is 5.75 Å². The number of likely N-dealkylation sites (tertiary alicyclic amines) is 1. The van der Waals surface area contributed by atoms with Crippen LogP contribution in [0.5, 0.6) is 5.75 Å². The molecule has 3 aromatic rings. The number of nitriles is 1. The van der Waals surface area contributed by atoms with Crippen LogP contribution in [0.1, 0.15) is 28.9 Å². The number of aromatic nitrogens is 2. The van der Waals surface area contributed by atoms with E-state index in [9.17, 15) is 4.79 Å². The van der Waals surface area contributed by atoms with Crippen LogP contribution in [0.4, 0.5) is 0 Å². The molecule has 2 aromatic carbocycles. The van der Waals surface area contributed by atoms with Crippen molar-refractivity contribution in [3.05, 3.63) is 65.9 Å². The zero-order valence-electron chi connectivity index (χ0n) is 16.8. The van der Waals surface area contributed by atoms with Crippen molar-refractivity contribution in [1.82, 2.24) is 14.7 Å². The van der Waals surface area contributed by atoms with Gasteiger partial charge in [0.25, 0.3) is 5.91 Å². The smallest absolute Gasteiger partial charge is 0.274 e. The average Bonchev–Trinajstić information content (AvgIpc) is 3.24. The number of hydrogen-bond donors (Lipinski definition) is 1. The third kappa shape index (κ3) is 3.91. The van der Waals surface area contributed by atoms with Crippen molar-refractivity contribution in [1.29, 1.82) is 5.26 Å². The van der Waals surface area contributed by atoms with Crippen molar-refractivity contribution in [2.45, 2.75) is 18.9 Å². The average molecular weight is 401 g/mol. The van der Waals surface area contributed by atoms with Gasteiger partial charge in [-0.15, -0.1) is 0 Å². The number of nitrogens with zero attached hydrogens (tertiary/aromatic N) is 4. The predicted molar refractivity (Wildman–Crippen MR) is 113 cm³/mol. The molecule has 0 bridgehead atoms. The predicted octanol–water partition coefficient (Wildman–Crippen LogP) is 2.98. The van der Waals surface area contributed by atoms with Crippen LogP contribution in [0.25, 0.3) is 16.9 Å². The number of hydrogen-bond acceptors (Lipinski definition) is 5. The number of ether oxygens (including phenoxy) is 1. The third-order valence-corrected chi connectivity index (χ3v) is 5.38. The minimum Gasteiger partial charge on any atom is -0.497 e. The van der Waals surface area contributed by atoms with E-state index in [0.717, 1.165) is 35.5 Å².